The van der Waals surface area contributed by atoms with E-state index in [1.807, 2.05) is 110 Å². The number of ether oxygens (including phenoxy) is 1. The van der Waals surface area contributed by atoms with Crippen LogP contribution >= 0.6 is 11.3 Å². The van der Waals surface area contributed by atoms with Crippen LogP contribution in [0.15, 0.2) is 91.0 Å². The molecule has 6 heterocycles. The fourth-order valence-electron chi connectivity index (χ4n) is 11.2. The van der Waals surface area contributed by atoms with Gasteiger partial charge in [-0.1, -0.05) is 41.7 Å². The van der Waals surface area contributed by atoms with E-state index in [1.165, 1.54) is 24.2 Å². The standard InChI is InChI=1S/C56H57N9O7S/c1-32-26-38(11-13-39(32)40-14-16-48(59-52(40)55(70)71)65-24-20-34-6-5-7-41(44(34)30-65)53(68)61-56-58-45-8-3-4-9-47(45)73-56)72-25-21-35-28-36(35)27-33-18-22-64(23-19-33)31-50(67)57-37-10-12-42-46(29-37)63(2)62-51(42)43-15-17-49(66)60-54(43)69/h3-14,16,26,29,33,35-36,43H,15,17-25,27-28,30-31H2,1-2H3,(H,57,67)(H,70,71)(H,58,61,68)(H,60,66,69)/t35-,36+,43?/m0/s1. The average Bonchev–Trinajstić information content (AvgIpc) is 3.85. The molecule has 11 rings (SSSR count). The van der Waals surface area contributed by atoms with Crippen LogP contribution in [0.3, 0.4) is 0 Å². The Morgan fingerprint density at radius 2 is 1.71 bits per heavy atom. The van der Waals surface area contributed by atoms with Gasteiger partial charge in [-0.05, 0) is 166 Å². The Labute approximate surface area is 426 Å². The highest BCUT2D eigenvalue weighted by atomic mass is 32.1. The molecule has 3 aromatic heterocycles. The molecule has 374 valence electrons. The number of fused-ring (bicyclic) bond motifs is 3. The van der Waals surface area contributed by atoms with Crippen LogP contribution in [0.5, 0.6) is 5.75 Å². The number of hydrogen-bond acceptors (Lipinski definition) is 12. The van der Waals surface area contributed by atoms with Gasteiger partial charge in [-0.2, -0.15) is 5.10 Å². The monoisotopic (exact) mass is 999 g/mol. The number of nitrogens with one attached hydrogen (secondary N) is 3. The molecule has 0 radical (unpaired) electrons. The molecule has 0 bridgehead atoms. The fourth-order valence-corrected chi connectivity index (χ4v) is 12.0. The second-order valence-electron chi connectivity index (χ2n) is 20.0. The number of likely N-dealkylation sites (tertiary alicyclic amines) is 1. The summed E-state index contributed by atoms with van der Waals surface area (Å²) in [7, 11) is 1.82. The van der Waals surface area contributed by atoms with E-state index in [-0.39, 0.29) is 35.7 Å². The van der Waals surface area contributed by atoms with Gasteiger partial charge in [0.1, 0.15) is 11.6 Å². The number of carboxylic acid groups (broad SMARTS) is 1. The van der Waals surface area contributed by atoms with Crippen LogP contribution in [-0.2, 0) is 34.4 Å². The second-order valence-corrected chi connectivity index (χ2v) is 21.1. The van der Waals surface area contributed by atoms with E-state index in [4.69, 9.17) is 9.72 Å². The molecule has 1 unspecified atom stereocenters. The summed E-state index contributed by atoms with van der Waals surface area (Å²) in [5.41, 5.74) is 7.68. The van der Waals surface area contributed by atoms with Gasteiger partial charge in [0.2, 0.25) is 17.7 Å². The van der Waals surface area contributed by atoms with Gasteiger partial charge >= 0.3 is 5.97 Å². The normalized spacial score (nSPS) is 19.2. The molecule has 0 spiro atoms. The third kappa shape index (κ3) is 10.3. The van der Waals surface area contributed by atoms with Crippen LogP contribution in [0.4, 0.5) is 16.6 Å². The summed E-state index contributed by atoms with van der Waals surface area (Å²) in [5.74, 6) is 0.820. The molecule has 17 heteroatoms. The van der Waals surface area contributed by atoms with Gasteiger partial charge in [-0.25, -0.2) is 14.8 Å². The third-order valence-electron chi connectivity index (χ3n) is 15.2. The lowest BCUT2D eigenvalue weighted by Crippen LogP contribution is -2.39. The van der Waals surface area contributed by atoms with Crippen molar-refractivity contribution in [3.05, 3.63) is 125 Å². The number of piperidine rings is 2. The first kappa shape index (κ1) is 47.8. The molecule has 3 atom stereocenters. The highest BCUT2D eigenvalue weighted by molar-refractivity contribution is 7.22. The Morgan fingerprint density at radius 1 is 0.877 bits per heavy atom. The number of aromatic carboxylic acids is 1. The number of aromatic nitrogens is 4. The molecule has 1 aliphatic carbocycles. The van der Waals surface area contributed by atoms with Gasteiger partial charge in [-0.3, -0.25) is 39.4 Å². The zero-order valence-corrected chi connectivity index (χ0v) is 41.7. The topological polar surface area (TPSA) is 201 Å². The summed E-state index contributed by atoms with van der Waals surface area (Å²) in [5, 5.41) is 24.9. The van der Waals surface area contributed by atoms with Crippen LogP contribution in [0.2, 0.25) is 0 Å². The molecule has 4 aliphatic rings. The van der Waals surface area contributed by atoms with Gasteiger partial charge in [0.15, 0.2) is 10.8 Å². The van der Waals surface area contributed by atoms with Crippen molar-refractivity contribution < 1.29 is 33.8 Å². The van der Waals surface area contributed by atoms with E-state index in [0.717, 1.165) is 81.5 Å². The van der Waals surface area contributed by atoms with E-state index in [9.17, 15) is 29.1 Å². The van der Waals surface area contributed by atoms with Gasteiger partial charge < -0.3 is 20.1 Å². The highest BCUT2D eigenvalue weighted by Crippen LogP contribution is 2.47. The molecule has 2 saturated heterocycles. The lowest BCUT2D eigenvalue weighted by molar-refractivity contribution is -0.134. The number of benzene rings is 4. The van der Waals surface area contributed by atoms with Crippen molar-refractivity contribution >= 4 is 78.7 Å². The number of amides is 4. The van der Waals surface area contributed by atoms with Crippen molar-refractivity contribution in [2.45, 2.75) is 70.8 Å². The zero-order chi connectivity index (χ0) is 50.3. The van der Waals surface area contributed by atoms with Crippen molar-refractivity contribution in [2.24, 2.45) is 24.8 Å². The molecule has 7 aromatic rings. The number of pyridine rings is 1. The van der Waals surface area contributed by atoms with Crippen molar-refractivity contribution in [1.82, 2.24) is 30.0 Å². The first-order valence-electron chi connectivity index (χ1n) is 25.2. The summed E-state index contributed by atoms with van der Waals surface area (Å²) in [6.45, 7) is 5.73. The number of para-hydroxylation sites is 1. The lowest BCUT2D eigenvalue weighted by Gasteiger charge is -2.31. The molecule has 4 aromatic carbocycles. The van der Waals surface area contributed by atoms with Gasteiger partial charge in [0, 0.05) is 48.8 Å². The number of carbonyl (C=O) groups excluding carboxylic acids is 4. The maximum absolute atomic E-state index is 13.6. The lowest BCUT2D eigenvalue weighted by atomic mass is 9.91. The fraction of sp³-hybridized carbons (Fsp3) is 0.357. The Kier molecular flexibility index (Phi) is 13.2. The number of imide groups is 1. The van der Waals surface area contributed by atoms with Crippen LogP contribution in [0, 0.1) is 24.7 Å². The number of hydrogen-bond donors (Lipinski definition) is 4. The number of nitrogens with zero attached hydrogens (tertiary/aromatic N) is 6. The highest BCUT2D eigenvalue weighted by Gasteiger charge is 2.39. The first-order chi connectivity index (χ1) is 35.4. The molecule has 4 amide bonds. The maximum Gasteiger partial charge on any atom is 0.355 e. The van der Waals surface area contributed by atoms with Gasteiger partial charge in [-0.15, -0.1) is 0 Å². The van der Waals surface area contributed by atoms with Crippen LogP contribution < -0.4 is 25.6 Å². The van der Waals surface area contributed by atoms with E-state index < -0.39 is 11.9 Å². The molecular formula is C56H57N9O7S. The SMILES string of the molecule is Cc1cc(OCC[C@H]2C[C@H]2CC2CCN(CC(=O)Nc3ccc4c(C5CCC(=O)NC5=O)nn(C)c4c3)CC2)ccc1-c1ccc(N2CCc3cccc(C(=O)Nc4nc5ccccc5s4)c3C2)nc1C(=O)O. The summed E-state index contributed by atoms with van der Waals surface area (Å²) < 4.78 is 8.97. The van der Waals surface area contributed by atoms with E-state index in [1.54, 1.807) is 4.68 Å². The summed E-state index contributed by atoms with van der Waals surface area (Å²) in [6, 6.07) is 28.6. The number of carbonyl (C=O) groups is 5. The number of rotatable bonds is 15. The van der Waals surface area contributed by atoms with Gasteiger partial charge in [0.05, 0.1) is 40.5 Å². The molecule has 1 saturated carbocycles. The van der Waals surface area contributed by atoms with Crippen LogP contribution in [0.1, 0.15) is 94.1 Å². The third-order valence-corrected chi connectivity index (χ3v) is 16.1. The van der Waals surface area contributed by atoms with Crippen LogP contribution in [-0.4, -0.2) is 92.1 Å². The molecule has 3 aliphatic heterocycles. The smallest absolute Gasteiger partial charge is 0.355 e. The Bertz CT molecular complexity index is 3290. The predicted molar refractivity (Wildman–Crippen MR) is 280 cm³/mol. The van der Waals surface area contributed by atoms with Gasteiger partial charge in [0.25, 0.3) is 5.91 Å². The summed E-state index contributed by atoms with van der Waals surface area (Å²) in [4.78, 5) is 77.3. The Morgan fingerprint density at radius 3 is 2.52 bits per heavy atom. The van der Waals surface area contributed by atoms with Crippen molar-refractivity contribution in [1.29, 1.82) is 0 Å². The Hall–Kier alpha value is -7.50. The zero-order valence-electron chi connectivity index (χ0n) is 40.9. The van der Waals surface area contributed by atoms with Crippen LogP contribution in [0.25, 0.3) is 32.2 Å². The van der Waals surface area contributed by atoms with Crippen molar-refractivity contribution in [3.8, 4) is 16.9 Å². The minimum Gasteiger partial charge on any atom is -0.494 e. The number of anilines is 3. The molecule has 16 nitrogen and oxygen atoms in total. The summed E-state index contributed by atoms with van der Waals surface area (Å²) in [6.07, 6.45) is 6.95. The minimum atomic E-state index is -1.11. The van der Waals surface area contributed by atoms with E-state index in [2.05, 4.69) is 30.9 Å². The Balaban J connectivity index is 0.632. The predicted octanol–water partition coefficient (Wildman–Crippen LogP) is 8.73. The second kappa shape index (κ2) is 20.2. The summed E-state index contributed by atoms with van der Waals surface area (Å²) >= 11 is 1.43. The minimum absolute atomic E-state index is 0.0290. The first-order valence-corrected chi connectivity index (χ1v) is 26.1. The van der Waals surface area contributed by atoms with Crippen molar-refractivity contribution in [3.63, 3.8) is 0 Å². The maximum atomic E-state index is 13.6. The van der Waals surface area contributed by atoms with E-state index >= 15 is 0 Å². The largest absolute Gasteiger partial charge is 0.494 e. The van der Waals surface area contributed by atoms with Crippen molar-refractivity contribution in [2.75, 3.05) is 48.3 Å². The molecule has 3 fully saturated rings. The number of carboxylic acids is 1. The molecule has 73 heavy (non-hydrogen) atoms. The van der Waals surface area contributed by atoms with E-state index in [0.29, 0.717) is 90.3 Å². The molecule has 4 N–H and O–H groups in total. The average molecular weight is 1000 g/mol. The number of aryl methyl sites for hydroxylation is 2. The quantitative estimate of drug-likeness (QED) is 0.0713. The molecular weight excluding hydrogens is 943 g/mol. The number of thiazole rings is 1.